The van der Waals surface area contributed by atoms with Gasteiger partial charge in [0, 0.05) is 7.05 Å². The molecule has 0 radical (unpaired) electrons. The Hall–Kier alpha value is -2.13. The number of ether oxygens (including phenoxy) is 1. The number of carbonyl (C=O) groups is 1. The maximum Gasteiger partial charge on any atom is 0.306 e. The van der Waals surface area contributed by atoms with Crippen molar-refractivity contribution in [2.24, 2.45) is 5.16 Å². The van der Waals surface area contributed by atoms with Crippen LogP contribution in [-0.2, 0) is 24.3 Å². The molecule has 0 spiro atoms. The Kier molecular flexibility index (Phi) is 4.43. The molecule has 0 bridgehead atoms. The molecule has 0 saturated carbocycles. The molecule has 21 heavy (non-hydrogen) atoms. The van der Waals surface area contributed by atoms with Crippen LogP contribution in [-0.4, -0.2) is 49.5 Å². The van der Waals surface area contributed by atoms with E-state index in [0.717, 1.165) is 5.06 Å². The molecule has 0 saturated heterocycles. The predicted octanol–water partition coefficient (Wildman–Crippen LogP) is 0.468. The van der Waals surface area contributed by atoms with E-state index in [9.17, 15) is 13.2 Å². The standard InChI is InChI=1S/C12H14N2O6S/c1-14-12(11(13-20-14)19-8-7-10(15)16)21(17,18)9-5-3-2-4-6-9/h2-6,12H,7-8H2,1H3,(H,15,16). The Labute approximate surface area is 121 Å². The lowest BCUT2D eigenvalue weighted by Gasteiger charge is -2.17. The van der Waals surface area contributed by atoms with Crippen LogP contribution in [0.25, 0.3) is 0 Å². The first-order valence-electron chi connectivity index (χ1n) is 6.04. The number of benzene rings is 1. The lowest BCUT2D eigenvalue weighted by molar-refractivity contribution is -0.137. The number of carboxylic acids is 1. The molecule has 0 aromatic heterocycles. The highest BCUT2D eigenvalue weighted by molar-refractivity contribution is 7.92. The average molecular weight is 314 g/mol. The van der Waals surface area contributed by atoms with Gasteiger partial charge in [-0.2, -0.15) is 0 Å². The minimum atomic E-state index is -3.79. The number of hydrogen-bond donors (Lipinski definition) is 1. The molecule has 1 aromatic carbocycles. The van der Waals surface area contributed by atoms with E-state index in [1.54, 1.807) is 18.2 Å². The van der Waals surface area contributed by atoms with E-state index in [4.69, 9.17) is 14.8 Å². The molecule has 1 unspecified atom stereocenters. The van der Waals surface area contributed by atoms with E-state index in [1.807, 2.05) is 0 Å². The molecule has 2 rings (SSSR count). The first-order chi connectivity index (χ1) is 9.93. The van der Waals surface area contributed by atoms with Crippen molar-refractivity contribution in [3.63, 3.8) is 0 Å². The van der Waals surface area contributed by atoms with Crippen molar-refractivity contribution in [1.29, 1.82) is 0 Å². The van der Waals surface area contributed by atoms with Crippen LogP contribution in [0, 0.1) is 0 Å². The number of rotatable bonds is 5. The van der Waals surface area contributed by atoms with Gasteiger partial charge in [0.15, 0.2) is 0 Å². The number of sulfone groups is 1. The van der Waals surface area contributed by atoms with Gasteiger partial charge in [0.25, 0.3) is 5.90 Å². The number of nitrogens with zero attached hydrogens (tertiary/aromatic N) is 2. The van der Waals surface area contributed by atoms with Crippen molar-refractivity contribution in [3.05, 3.63) is 30.3 Å². The average Bonchev–Trinajstić information content (AvgIpc) is 2.81. The van der Waals surface area contributed by atoms with Gasteiger partial charge in [-0.15, -0.1) is 0 Å². The molecule has 1 aliphatic heterocycles. The summed E-state index contributed by atoms with van der Waals surface area (Å²) in [5, 5.41) is 11.9. The van der Waals surface area contributed by atoms with Crippen molar-refractivity contribution in [2.45, 2.75) is 16.7 Å². The molecule has 1 atom stereocenters. The number of oxime groups is 1. The van der Waals surface area contributed by atoms with E-state index < -0.39 is 21.2 Å². The highest BCUT2D eigenvalue weighted by Crippen LogP contribution is 2.23. The van der Waals surface area contributed by atoms with Gasteiger partial charge in [-0.25, -0.2) is 8.42 Å². The van der Waals surface area contributed by atoms with Gasteiger partial charge in [0.2, 0.25) is 15.2 Å². The Morgan fingerprint density at radius 2 is 2.10 bits per heavy atom. The van der Waals surface area contributed by atoms with Crippen molar-refractivity contribution < 1.29 is 28.0 Å². The summed E-state index contributed by atoms with van der Waals surface area (Å²) in [4.78, 5) is 15.4. The number of hydrogen-bond acceptors (Lipinski definition) is 7. The zero-order valence-corrected chi connectivity index (χ0v) is 12.0. The summed E-state index contributed by atoms with van der Waals surface area (Å²) in [6.07, 6.45) is -0.263. The molecule has 0 fully saturated rings. The van der Waals surface area contributed by atoms with Crippen molar-refractivity contribution in [3.8, 4) is 0 Å². The lowest BCUT2D eigenvalue weighted by atomic mass is 10.4. The number of carboxylic acid groups (broad SMARTS) is 1. The van der Waals surface area contributed by atoms with Crippen LogP contribution in [0.2, 0.25) is 0 Å². The van der Waals surface area contributed by atoms with E-state index in [1.165, 1.54) is 19.2 Å². The van der Waals surface area contributed by atoms with E-state index in [0.29, 0.717) is 0 Å². The number of likely N-dealkylation sites (N-methyl/N-ethyl adjacent to an activating group) is 1. The highest BCUT2D eigenvalue weighted by atomic mass is 32.2. The molecule has 1 heterocycles. The summed E-state index contributed by atoms with van der Waals surface area (Å²) in [5.74, 6) is -1.23. The molecule has 0 aliphatic carbocycles. The molecular weight excluding hydrogens is 300 g/mol. The molecular formula is C12H14N2O6S. The second-order valence-electron chi connectivity index (χ2n) is 4.26. The second kappa shape index (κ2) is 6.10. The quantitative estimate of drug-likeness (QED) is 0.842. The van der Waals surface area contributed by atoms with Gasteiger partial charge >= 0.3 is 5.97 Å². The van der Waals surface area contributed by atoms with Gasteiger partial charge < -0.3 is 9.84 Å². The van der Waals surface area contributed by atoms with Crippen LogP contribution >= 0.6 is 0 Å². The van der Waals surface area contributed by atoms with E-state index >= 15 is 0 Å². The van der Waals surface area contributed by atoms with Crippen molar-refractivity contribution >= 4 is 21.7 Å². The fourth-order valence-corrected chi connectivity index (χ4v) is 3.36. The summed E-state index contributed by atoms with van der Waals surface area (Å²) >= 11 is 0. The Morgan fingerprint density at radius 1 is 1.43 bits per heavy atom. The Morgan fingerprint density at radius 3 is 2.71 bits per heavy atom. The third-order valence-corrected chi connectivity index (χ3v) is 4.75. The van der Waals surface area contributed by atoms with Crippen LogP contribution in [0.1, 0.15) is 6.42 Å². The Balaban J connectivity index is 2.20. The SMILES string of the molecule is CN1ON=C(OCCC(=O)O)C1S(=O)(=O)c1ccccc1. The monoisotopic (exact) mass is 314 g/mol. The van der Waals surface area contributed by atoms with E-state index in [-0.39, 0.29) is 23.8 Å². The third kappa shape index (κ3) is 3.31. The summed E-state index contributed by atoms with van der Waals surface area (Å²) < 4.78 is 30.2. The summed E-state index contributed by atoms with van der Waals surface area (Å²) in [5.41, 5.74) is 0. The smallest absolute Gasteiger partial charge is 0.306 e. The molecule has 1 aromatic rings. The van der Waals surface area contributed by atoms with Crippen LogP contribution < -0.4 is 0 Å². The molecule has 0 amide bonds. The first kappa shape index (κ1) is 15.3. The largest absolute Gasteiger partial charge is 0.481 e. The second-order valence-corrected chi connectivity index (χ2v) is 6.27. The normalized spacial score (nSPS) is 18.9. The Bertz CT molecular complexity index is 643. The minimum absolute atomic E-state index is 0.0990. The van der Waals surface area contributed by atoms with Crippen LogP contribution in [0.15, 0.2) is 40.4 Å². The summed E-state index contributed by atoms with van der Waals surface area (Å²) in [6, 6.07) is 7.81. The molecule has 8 nitrogen and oxygen atoms in total. The van der Waals surface area contributed by atoms with E-state index in [2.05, 4.69) is 5.16 Å². The van der Waals surface area contributed by atoms with Gasteiger partial charge in [-0.05, 0) is 17.3 Å². The van der Waals surface area contributed by atoms with Gasteiger partial charge in [0.1, 0.15) is 6.61 Å². The lowest BCUT2D eigenvalue weighted by Crippen LogP contribution is -2.40. The van der Waals surface area contributed by atoms with Crippen LogP contribution in [0.4, 0.5) is 0 Å². The first-order valence-corrected chi connectivity index (χ1v) is 7.59. The summed E-state index contributed by atoms with van der Waals surface area (Å²) in [6.45, 7) is -0.188. The zero-order chi connectivity index (χ0) is 15.5. The highest BCUT2D eigenvalue weighted by Gasteiger charge is 2.43. The third-order valence-electron chi connectivity index (χ3n) is 2.73. The predicted molar refractivity (Wildman–Crippen MR) is 71.9 cm³/mol. The van der Waals surface area contributed by atoms with Gasteiger partial charge in [-0.1, -0.05) is 23.3 Å². The molecule has 1 aliphatic rings. The maximum atomic E-state index is 12.6. The maximum absolute atomic E-state index is 12.6. The fourth-order valence-electron chi connectivity index (χ4n) is 1.76. The van der Waals surface area contributed by atoms with Gasteiger partial charge in [0.05, 0.1) is 11.3 Å². The van der Waals surface area contributed by atoms with Crippen molar-refractivity contribution in [2.75, 3.05) is 13.7 Å². The molecule has 9 heteroatoms. The molecule has 1 N–H and O–H groups in total. The minimum Gasteiger partial charge on any atom is -0.481 e. The molecule has 114 valence electrons. The van der Waals surface area contributed by atoms with Crippen LogP contribution in [0.3, 0.4) is 0 Å². The fraction of sp³-hybridized carbons (Fsp3) is 0.333. The van der Waals surface area contributed by atoms with Crippen molar-refractivity contribution in [1.82, 2.24) is 5.06 Å². The summed E-state index contributed by atoms with van der Waals surface area (Å²) in [7, 11) is -2.39. The number of hydroxylamine groups is 2. The van der Waals surface area contributed by atoms with Gasteiger partial charge in [-0.3, -0.25) is 9.73 Å². The topological polar surface area (TPSA) is 106 Å². The van der Waals surface area contributed by atoms with Crippen LogP contribution in [0.5, 0.6) is 0 Å². The number of aliphatic carboxylic acids is 1. The zero-order valence-electron chi connectivity index (χ0n) is 11.2.